The summed E-state index contributed by atoms with van der Waals surface area (Å²) in [4.78, 5) is 12.2. The molecule has 0 aliphatic rings. The Labute approximate surface area is 139 Å². The van der Waals surface area contributed by atoms with Gasteiger partial charge in [-0.15, -0.1) is 0 Å². The van der Waals surface area contributed by atoms with Crippen LogP contribution in [0.5, 0.6) is 11.5 Å². The largest absolute Gasteiger partial charge is 0.490 e. The molecule has 0 saturated carbocycles. The lowest BCUT2D eigenvalue weighted by molar-refractivity contribution is -0.124. The van der Waals surface area contributed by atoms with E-state index in [0.717, 1.165) is 12.0 Å². The number of hydrogen-bond acceptors (Lipinski definition) is 4. The van der Waals surface area contributed by atoms with Gasteiger partial charge < -0.3 is 20.5 Å². The summed E-state index contributed by atoms with van der Waals surface area (Å²) in [5.74, 6) is 1.44. The second kappa shape index (κ2) is 9.40. The fourth-order valence-electron chi connectivity index (χ4n) is 2.24. The Bertz CT molecular complexity index is 505. The summed E-state index contributed by atoms with van der Waals surface area (Å²) in [7, 11) is 0. The number of rotatable bonds is 9. The standard InChI is InChI=1S/C18H30N2O3/c1-6-12(4)17(19)18(21)20-13(5)14-9-10-15(22-7-2)16(11-14)23-8-3/h9-13,17H,6-8,19H2,1-5H3,(H,20,21). The van der Waals surface area contributed by atoms with E-state index in [1.54, 1.807) is 0 Å². The van der Waals surface area contributed by atoms with Crippen LogP contribution < -0.4 is 20.5 Å². The smallest absolute Gasteiger partial charge is 0.237 e. The molecule has 1 rings (SSSR count). The highest BCUT2D eigenvalue weighted by Gasteiger charge is 2.21. The molecule has 0 radical (unpaired) electrons. The van der Waals surface area contributed by atoms with E-state index in [2.05, 4.69) is 5.32 Å². The Balaban J connectivity index is 2.85. The lowest BCUT2D eigenvalue weighted by Gasteiger charge is -2.22. The second-order valence-corrected chi connectivity index (χ2v) is 5.71. The molecule has 0 heterocycles. The predicted molar refractivity (Wildman–Crippen MR) is 92.8 cm³/mol. The van der Waals surface area contributed by atoms with E-state index in [0.29, 0.717) is 24.7 Å². The van der Waals surface area contributed by atoms with Crippen molar-refractivity contribution in [3.63, 3.8) is 0 Å². The van der Waals surface area contributed by atoms with Crippen LogP contribution in [0.2, 0.25) is 0 Å². The van der Waals surface area contributed by atoms with E-state index < -0.39 is 6.04 Å². The number of hydrogen-bond donors (Lipinski definition) is 2. The Morgan fingerprint density at radius 3 is 2.30 bits per heavy atom. The molecule has 0 aliphatic carbocycles. The summed E-state index contributed by atoms with van der Waals surface area (Å²) in [6, 6.07) is 5.09. The summed E-state index contributed by atoms with van der Waals surface area (Å²) in [5.41, 5.74) is 6.94. The van der Waals surface area contributed by atoms with Crippen LogP contribution in [0.25, 0.3) is 0 Å². The minimum atomic E-state index is -0.489. The molecule has 5 heteroatoms. The molecule has 3 unspecified atom stereocenters. The van der Waals surface area contributed by atoms with Crippen molar-refractivity contribution in [1.82, 2.24) is 5.32 Å². The normalized spacial score (nSPS) is 14.7. The monoisotopic (exact) mass is 322 g/mol. The Morgan fingerprint density at radius 1 is 1.13 bits per heavy atom. The van der Waals surface area contributed by atoms with Crippen molar-refractivity contribution < 1.29 is 14.3 Å². The molecule has 1 aromatic carbocycles. The summed E-state index contributed by atoms with van der Waals surface area (Å²) in [6.45, 7) is 11.0. The second-order valence-electron chi connectivity index (χ2n) is 5.71. The molecule has 0 saturated heterocycles. The number of carbonyl (C=O) groups excluding carboxylic acids is 1. The van der Waals surface area contributed by atoms with Crippen molar-refractivity contribution in [2.24, 2.45) is 11.7 Å². The first kappa shape index (κ1) is 19.3. The number of benzene rings is 1. The van der Waals surface area contributed by atoms with Gasteiger partial charge in [-0.1, -0.05) is 26.3 Å². The zero-order valence-electron chi connectivity index (χ0n) is 14.9. The zero-order chi connectivity index (χ0) is 17.4. The molecule has 0 aliphatic heterocycles. The van der Waals surface area contributed by atoms with E-state index in [1.165, 1.54) is 0 Å². The van der Waals surface area contributed by atoms with Crippen LogP contribution in [0.4, 0.5) is 0 Å². The molecule has 0 fully saturated rings. The van der Waals surface area contributed by atoms with Gasteiger partial charge in [0, 0.05) is 0 Å². The lowest BCUT2D eigenvalue weighted by Crippen LogP contribution is -2.45. The molecular weight excluding hydrogens is 292 g/mol. The summed E-state index contributed by atoms with van der Waals surface area (Å²) < 4.78 is 11.2. The van der Waals surface area contributed by atoms with Crippen molar-refractivity contribution in [3.8, 4) is 11.5 Å². The van der Waals surface area contributed by atoms with Gasteiger partial charge in [0.2, 0.25) is 5.91 Å². The highest BCUT2D eigenvalue weighted by Crippen LogP contribution is 2.30. The number of ether oxygens (including phenoxy) is 2. The first-order valence-corrected chi connectivity index (χ1v) is 8.39. The number of nitrogens with one attached hydrogen (secondary N) is 1. The maximum Gasteiger partial charge on any atom is 0.237 e. The van der Waals surface area contributed by atoms with Gasteiger partial charge >= 0.3 is 0 Å². The van der Waals surface area contributed by atoms with Crippen molar-refractivity contribution in [3.05, 3.63) is 23.8 Å². The molecule has 0 aromatic heterocycles. The van der Waals surface area contributed by atoms with Crippen molar-refractivity contribution >= 4 is 5.91 Å². The fraction of sp³-hybridized carbons (Fsp3) is 0.611. The van der Waals surface area contributed by atoms with Crippen LogP contribution >= 0.6 is 0 Å². The molecule has 1 aromatic rings. The molecule has 5 nitrogen and oxygen atoms in total. The minimum absolute atomic E-state index is 0.126. The zero-order valence-corrected chi connectivity index (χ0v) is 14.9. The van der Waals surface area contributed by atoms with Crippen LogP contribution in [-0.2, 0) is 4.79 Å². The number of carbonyl (C=O) groups is 1. The third-order valence-electron chi connectivity index (χ3n) is 3.99. The molecule has 3 atom stereocenters. The highest BCUT2D eigenvalue weighted by molar-refractivity contribution is 5.82. The van der Waals surface area contributed by atoms with Gasteiger partial charge in [0.05, 0.1) is 25.3 Å². The van der Waals surface area contributed by atoms with Crippen LogP contribution in [0.15, 0.2) is 18.2 Å². The molecular formula is C18H30N2O3. The molecule has 0 bridgehead atoms. The van der Waals surface area contributed by atoms with Crippen LogP contribution in [0, 0.1) is 5.92 Å². The molecule has 1 amide bonds. The number of nitrogens with two attached hydrogens (primary N) is 1. The first-order valence-electron chi connectivity index (χ1n) is 8.39. The van der Waals surface area contributed by atoms with Gasteiger partial charge in [0.15, 0.2) is 11.5 Å². The Morgan fingerprint density at radius 2 is 1.74 bits per heavy atom. The van der Waals surface area contributed by atoms with E-state index in [-0.39, 0.29) is 17.9 Å². The first-order chi connectivity index (χ1) is 10.9. The van der Waals surface area contributed by atoms with Gasteiger partial charge in [-0.05, 0) is 44.4 Å². The average molecular weight is 322 g/mol. The van der Waals surface area contributed by atoms with Gasteiger partial charge in [0.1, 0.15) is 0 Å². The average Bonchev–Trinajstić information content (AvgIpc) is 2.55. The highest BCUT2D eigenvalue weighted by atomic mass is 16.5. The summed E-state index contributed by atoms with van der Waals surface area (Å²) >= 11 is 0. The topological polar surface area (TPSA) is 73.6 Å². The van der Waals surface area contributed by atoms with Crippen LogP contribution in [0.1, 0.15) is 52.6 Å². The third-order valence-corrected chi connectivity index (χ3v) is 3.99. The molecule has 130 valence electrons. The van der Waals surface area contributed by atoms with Crippen LogP contribution in [-0.4, -0.2) is 25.2 Å². The SMILES string of the molecule is CCOc1ccc(C(C)NC(=O)C(N)C(C)CC)cc1OCC. The van der Waals surface area contributed by atoms with Crippen molar-refractivity contribution in [1.29, 1.82) is 0 Å². The Hall–Kier alpha value is -1.75. The summed E-state index contributed by atoms with van der Waals surface area (Å²) in [5, 5.41) is 2.97. The minimum Gasteiger partial charge on any atom is -0.490 e. The maximum absolute atomic E-state index is 12.2. The van der Waals surface area contributed by atoms with E-state index in [4.69, 9.17) is 15.2 Å². The quantitative estimate of drug-likeness (QED) is 0.733. The number of amides is 1. The summed E-state index contributed by atoms with van der Waals surface area (Å²) in [6.07, 6.45) is 0.876. The van der Waals surface area contributed by atoms with Crippen LogP contribution in [0.3, 0.4) is 0 Å². The third kappa shape index (κ3) is 5.43. The van der Waals surface area contributed by atoms with Gasteiger partial charge in [-0.2, -0.15) is 0 Å². The molecule has 3 N–H and O–H groups in total. The fourth-order valence-corrected chi connectivity index (χ4v) is 2.24. The molecule has 0 spiro atoms. The lowest BCUT2D eigenvalue weighted by atomic mass is 9.98. The maximum atomic E-state index is 12.2. The van der Waals surface area contributed by atoms with Gasteiger partial charge in [-0.25, -0.2) is 0 Å². The molecule has 23 heavy (non-hydrogen) atoms. The van der Waals surface area contributed by atoms with E-state index in [9.17, 15) is 4.79 Å². The van der Waals surface area contributed by atoms with Crippen molar-refractivity contribution in [2.45, 2.75) is 53.1 Å². The van der Waals surface area contributed by atoms with E-state index >= 15 is 0 Å². The van der Waals surface area contributed by atoms with Crippen molar-refractivity contribution in [2.75, 3.05) is 13.2 Å². The Kier molecular flexibility index (Phi) is 7.89. The van der Waals surface area contributed by atoms with Gasteiger partial charge in [-0.3, -0.25) is 4.79 Å². The predicted octanol–water partition coefficient (Wildman–Crippen LogP) is 3.03. The van der Waals surface area contributed by atoms with E-state index in [1.807, 2.05) is 52.8 Å². The van der Waals surface area contributed by atoms with Gasteiger partial charge in [0.25, 0.3) is 0 Å².